The lowest BCUT2D eigenvalue weighted by Crippen LogP contribution is -2.53. The minimum Gasteiger partial charge on any atom is -0.507 e. The summed E-state index contributed by atoms with van der Waals surface area (Å²) in [6.07, 6.45) is -4.67. The number of nitrogens with zero attached hydrogens (tertiary/aromatic N) is 1. The molecule has 312 valence electrons. The number of halogens is 2. The van der Waals surface area contributed by atoms with Crippen LogP contribution in [-0.4, -0.2) is 112 Å². The summed E-state index contributed by atoms with van der Waals surface area (Å²) in [5, 5.41) is 45.8. The third-order valence-electron chi connectivity index (χ3n) is 10.9. The number of ketones is 3. The molecule has 6 rings (SSSR count). The Hall–Kier alpha value is -4.32. The second-order valence-corrected chi connectivity index (χ2v) is 15.4. The maximum absolute atomic E-state index is 13.9. The van der Waals surface area contributed by atoms with Gasteiger partial charge in [-0.15, -0.1) is 23.2 Å². The molecule has 0 radical (unpaired) electrons. The highest BCUT2D eigenvalue weighted by Gasteiger charge is 2.50. The van der Waals surface area contributed by atoms with Crippen molar-refractivity contribution in [3.05, 3.63) is 81.4 Å². The molecular weight excluding hydrogens is 799 g/mol. The van der Waals surface area contributed by atoms with E-state index in [0.717, 1.165) is 11.3 Å². The van der Waals surface area contributed by atoms with Gasteiger partial charge in [0.25, 0.3) is 0 Å². The lowest BCUT2D eigenvalue weighted by atomic mass is 9.72. The number of aryl methyl sites for hydroxylation is 1. The Labute approximate surface area is 344 Å². The number of phenolic OH excluding ortho intramolecular Hbond substituents is 2. The molecule has 3 aromatic carbocycles. The lowest BCUT2D eigenvalue weighted by molar-refractivity contribution is -0.271. The van der Waals surface area contributed by atoms with Crippen LogP contribution in [-0.2, 0) is 41.7 Å². The monoisotopic (exact) mass is 844 g/mol. The maximum atomic E-state index is 13.9. The molecule has 58 heavy (non-hydrogen) atoms. The minimum atomic E-state index is -2.37. The molecule has 0 unspecified atom stereocenters. The van der Waals surface area contributed by atoms with E-state index < -0.39 is 102 Å². The van der Waals surface area contributed by atoms with Gasteiger partial charge in [-0.3, -0.25) is 19.3 Å². The van der Waals surface area contributed by atoms with Crippen molar-refractivity contribution in [2.24, 2.45) is 5.73 Å². The third kappa shape index (κ3) is 8.68. The van der Waals surface area contributed by atoms with E-state index in [4.69, 9.17) is 52.9 Å². The predicted molar refractivity (Wildman–Crippen MR) is 210 cm³/mol. The van der Waals surface area contributed by atoms with Crippen molar-refractivity contribution in [1.29, 1.82) is 0 Å². The first-order valence-corrected chi connectivity index (χ1v) is 19.9. The quantitative estimate of drug-likeness (QED) is 0.0468. The van der Waals surface area contributed by atoms with Crippen molar-refractivity contribution in [2.45, 2.75) is 81.7 Å². The van der Waals surface area contributed by atoms with Crippen LogP contribution in [0.15, 0.2) is 42.5 Å². The maximum Gasteiger partial charge on any atom is 0.342 e. The van der Waals surface area contributed by atoms with Gasteiger partial charge in [-0.25, -0.2) is 4.79 Å². The van der Waals surface area contributed by atoms with Crippen LogP contribution in [0.1, 0.15) is 87.2 Å². The zero-order chi connectivity index (χ0) is 41.9. The number of Topliss-reactive ketones (excluding diaryl/α,β-unsaturated/α-hetero) is 1. The van der Waals surface area contributed by atoms with E-state index in [0.29, 0.717) is 37.7 Å². The van der Waals surface area contributed by atoms with Gasteiger partial charge in [-0.2, -0.15) is 4.89 Å². The van der Waals surface area contributed by atoms with Crippen LogP contribution >= 0.6 is 23.2 Å². The largest absolute Gasteiger partial charge is 0.507 e. The number of phenols is 2. The average molecular weight is 846 g/mol. The molecule has 1 aliphatic heterocycles. The molecule has 6 N–H and O–H groups in total. The number of aliphatic hydroxyl groups is 2. The highest BCUT2D eigenvalue weighted by atomic mass is 35.5. The molecule has 15 nitrogen and oxygen atoms in total. The van der Waals surface area contributed by atoms with Crippen LogP contribution in [0.4, 0.5) is 5.69 Å². The smallest absolute Gasteiger partial charge is 0.342 e. The molecule has 0 spiro atoms. The summed E-state index contributed by atoms with van der Waals surface area (Å²) >= 11 is 11.8. The number of carbonyl (C=O) groups is 4. The number of methoxy groups -OCH3 is 1. The number of nitrogens with two attached hydrogens (primary N) is 1. The minimum absolute atomic E-state index is 0.0323. The van der Waals surface area contributed by atoms with Crippen molar-refractivity contribution >= 4 is 52.2 Å². The molecular formula is C41H46Cl2N2O13. The van der Waals surface area contributed by atoms with Crippen LogP contribution in [0.3, 0.4) is 0 Å². The highest BCUT2D eigenvalue weighted by molar-refractivity contribution is 6.31. The van der Waals surface area contributed by atoms with E-state index in [1.165, 1.54) is 25.3 Å². The summed E-state index contributed by atoms with van der Waals surface area (Å²) in [6.45, 7) is 1.98. The Bertz CT molecular complexity index is 2030. The molecule has 2 aliphatic carbocycles. The number of rotatable bonds is 16. The van der Waals surface area contributed by atoms with Crippen molar-refractivity contribution in [3.8, 4) is 17.2 Å². The molecule has 1 saturated heterocycles. The number of anilines is 1. The van der Waals surface area contributed by atoms with Crippen molar-refractivity contribution in [1.82, 2.24) is 0 Å². The van der Waals surface area contributed by atoms with E-state index in [2.05, 4.69) is 4.90 Å². The second-order valence-electron chi connectivity index (χ2n) is 14.6. The molecule has 1 fully saturated rings. The molecule has 0 aromatic heterocycles. The highest BCUT2D eigenvalue weighted by Crippen LogP contribution is 2.52. The van der Waals surface area contributed by atoms with Crippen molar-refractivity contribution < 1.29 is 63.6 Å². The van der Waals surface area contributed by atoms with Gasteiger partial charge in [0.05, 0.1) is 42.1 Å². The SMILES string of the molecule is COc1cccc2c1C(=O)c1c(O)c3c(c(O)c1C2=O)C[C@@](O)(C(=O)COOC(=O)CCCc1ccc(N(CCCl)CCCl)cc1)C[C@@H]3O[C@H]1C[C@H](N)[C@H](O)[C@H](C)O1. The molecule has 0 bridgehead atoms. The van der Waals surface area contributed by atoms with E-state index in [9.17, 15) is 39.6 Å². The summed E-state index contributed by atoms with van der Waals surface area (Å²) < 4.78 is 17.3. The Morgan fingerprint density at radius 2 is 1.69 bits per heavy atom. The van der Waals surface area contributed by atoms with Gasteiger partial charge in [0.2, 0.25) is 5.78 Å². The number of aliphatic hydroxyl groups excluding tert-OH is 1. The summed E-state index contributed by atoms with van der Waals surface area (Å²) in [7, 11) is 1.32. The molecule has 0 saturated carbocycles. The van der Waals surface area contributed by atoms with Gasteiger partial charge in [0.15, 0.2) is 24.5 Å². The van der Waals surface area contributed by atoms with E-state index >= 15 is 0 Å². The van der Waals surface area contributed by atoms with Crippen LogP contribution < -0.4 is 15.4 Å². The number of carbonyl (C=O) groups excluding carboxylic acids is 4. The Morgan fingerprint density at radius 1 is 1.00 bits per heavy atom. The van der Waals surface area contributed by atoms with Gasteiger partial charge in [-0.05, 0) is 43.5 Å². The van der Waals surface area contributed by atoms with Crippen LogP contribution in [0.5, 0.6) is 17.2 Å². The predicted octanol–water partition coefficient (Wildman–Crippen LogP) is 3.79. The molecule has 1 heterocycles. The summed E-state index contributed by atoms with van der Waals surface area (Å²) in [5.41, 5.74) is 4.09. The van der Waals surface area contributed by atoms with Crippen LogP contribution in [0, 0.1) is 0 Å². The van der Waals surface area contributed by atoms with Gasteiger partial charge in [0.1, 0.15) is 22.8 Å². The fourth-order valence-electron chi connectivity index (χ4n) is 7.81. The van der Waals surface area contributed by atoms with Gasteiger partial charge in [-0.1, -0.05) is 24.3 Å². The van der Waals surface area contributed by atoms with Gasteiger partial charge >= 0.3 is 5.97 Å². The number of hydrogen-bond donors (Lipinski definition) is 5. The number of fused-ring (bicyclic) bond motifs is 3. The second kappa shape index (κ2) is 18.3. The Balaban J connectivity index is 1.18. The van der Waals surface area contributed by atoms with Crippen LogP contribution in [0.2, 0.25) is 0 Å². The molecule has 3 aliphatic rings. The molecule has 17 heteroatoms. The van der Waals surface area contributed by atoms with E-state index in [1.54, 1.807) is 6.92 Å². The first-order valence-electron chi connectivity index (χ1n) is 18.9. The zero-order valence-corrected chi connectivity index (χ0v) is 33.5. The summed E-state index contributed by atoms with van der Waals surface area (Å²) in [4.78, 5) is 65.9. The average Bonchev–Trinajstić information content (AvgIpc) is 3.20. The first-order chi connectivity index (χ1) is 27.7. The Morgan fingerprint density at radius 3 is 2.34 bits per heavy atom. The third-order valence-corrected chi connectivity index (χ3v) is 11.2. The van der Waals surface area contributed by atoms with Crippen molar-refractivity contribution in [3.63, 3.8) is 0 Å². The van der Waals surface area contributed by atoms with Crippen LogP contribution in [0.25, 0.3) is 0 Å². The van der Waals surface area contributed by atoms with E-state index in [-0.39, 0.29) is 40.8 Å². The lowest BCUT2D eigenvalue weighted by Gasteiger charge is -2.42. The zero-order valence-electron chi connectivity index (χ0n) is 31.9. The fourth-order valence-corrected chi connectivity index (χ4v) is 8.22. The summed E-state index contributed by atoms with van der Waals surface area (Å²) in [6, 6.07) is 11.4. The Kier molecular flexibility index (Phi) is 13.7. The number of alkyl halides is 2. The molecule has 3 aromatic rings. The number of ether oxygens (including phenoxy) is 3. The normalized spacial score (nSPS) is 23.7. The summed E-state index contributed by atoms with van der Waals surface area (Å²) in [5.74, 6) is -3.79. The topological polar surface area (TPSA) is 225 Å². The first kappa shape index (κ1) is 43.3. The van der Waals surface area contributed by atoms with Crippen molar-refractivity contribution in [2.75, 3.05) is 43.5 Å². The fraction of sp³-hybridized carbons (Fsp3) is 0.463. The van der Waals surface area contributed by atoms with E-state index in [1.807, 2.05) is 24.3 Å². The van der Waals surface area contributed by atoms with Gasteiger partial charge < -0.3 is 45.3 Å². The number of hydrogen-bond acceptors (Lipinski definition) is 15. The number of aromatic hydroxyl groups is 2. The standard InChI is InChI=1S/C41H46Cl2N2O13/c1-21-36(48)26(44)17-31(56-21)57-28-19-41(53,29(46)20-55-58-30(47)8-3-5-22-9-11-23(12-10-22)45(15-13-42)16-14-43)18-25-33(28)40(52)35-34(38(25)50)37(49)24-6-4-7-27(54-2)32(24)39(35)51/h4,6-7,9-12,21,26,28,31,36,48,50,52-53H,3,5,8,13-20,44H2,1-2H3/t21-,26-,28-,31-,36+,41-/m0/s1. The van der Waals surface area contributed by atoms with Gasteiger partial charge in [0, 0.05) is 79.0 Å². The molecule has 0 amide bonds. The molecule has 6 atom stereocenters. The number of benzene rings is 3.